The van der Waals surface area contributed by atoms with Crippen LogP contribution in [-0.4, -0.2) is 25.0 Å². The SMILES string of the molecule is CCC(C#N)CN(C)CCc1cc(Br)cs1. The summed E-state index contributed by atoms with van der Waals surface area (Å²) < 4.78 is 1.17. The Morgan fingerprint density at radius 2 is 2.38 bits per heavy atom. The van der Waals surface area contributed by atoms with Crippen LogP contribution >= 0.6 is 27.3 Å². The molecule has 0 aliphatic rings. The molecular formula is C12H17BrN2S. The summed E-state index contributed by atoms with van der Waals surface area (Å²) in [6.45, 7) is 3.96. The summed E-state index contributed by atoms with van der Waals surface area (Å²) >= 11 is 5.24. The molecule has 0 N–H and O–H groups in total. The van der Waals surface area contributed by atoms with E-state index in [0.29, 0.717) is 0 Å². The lowest BCUT2D eigenvalue weighted by molar-refractivity contribution is 0.304. The quantitative estimate of drug-likeness (QED) is 0.803. The largest absolute Gasteiger partial charge is 0.305 e. The zero-order valence-electron chi connectivity index (χ0n) is 9.74. The number of rotatable bonds is 6. The molecule has 0 aliphatic carbocycles. The fourth-order valence-corrected chi connectivity index (χ4v) is 2.96. The van der Waals surface area contributed by atoms with E-state index in [1.807, 2.05) is 0 Å². The molecule has 0 saturated carbocycles. The topological polar surface area (TPSA) is 27.0 Å². The van der Waals surface area contributed by atoms with Crippen LogP contribution in [0.15, 0.2) is 15.9 Å². The molecule has 1 atom stereocenters. The fourth-order valence-electron chi connectivity index (χ4n) is 1.51. The molecule has 1 rings (SSSR count). The third-order valence-corrected chi connectivity index (χ3v) is 4.33. The van der Waals surface area contributed by atoms with Gasteiger partial charge in [0.1, 0.15) is 0 Å². The van der Waals surface area contributed by atoms with E-state index in [9.17, 15) is 0 Å². The molecule has 2 nitrogen and oxygen atoms in total. The van der Waals surface area contributed by atoms with E-state index in [4.69, 9.17) is 5.26 Å². The Hall–Kier alpha value is -0.370. The molecule has 0 spiro atoms. The first-order valence-corrected chi connectivity index (χ1v) is 7.14. The van der Waals surface area contributed by atoms with Crippen molar-refractivity contribution in [1.29, 1.82) is 5.26 Å². The Morgan fingerprint density at radius 3 is 2.88 bits per heavy atom. The van der Waals surface area contributed by atoms with Crippen molar-refractivity contribution in [3.8, 4) is 6.07 Å². The van der Waals surface area contributed by atoms with E-state index in [1.54, 1.807) is 11.3 Å². The third-order valence-electron chi connectivity index (χ3n) is 2.57. The predicted molar refractivity (Wildman–Crippen MR) is 72.6 cm³/mol. The van der Waals surface area contributed by atoms with Crippen molar-refractivity contribution in [3.05, 3.63) is 20.8 Å². The third kappa shape index (κ3) is 4.65. The van der Waals surface area contributed by atoms with Crippen LogP contribution in [0.25, 0.3) is 0 Å². The standard InChI is InChI=1S/C12H17BrN2S/c1-3-10(7-14)8-15(2)5-4-12-6-11(13)9-16-12/h6,9-10H,3-5,8H2,1-2H3. The highest BCUT2D eigenvalue weighted by Crippen LogP contribution is 2.20. The van der Waals surface area contributed by atoms with Crippen LogP contribution in [0.1, 0.15) is 18.2 Å². The van der Waals surface area contributed by atoms with Crippen LogP contribution in [0.4, 0.5) is 0 Å². The summed E-state index contributed by atoms with van der Waals surface area (Å²) in [5.41, 5.74) is 0. The van der Waals surface area contributed by atoms with E-state index < -0.39 is 0 Å². The lowest BCUT2D eigenvalue weighted by Gasteiger charge is -2.18. The molecule has 1 unspecified atom stereocenters. The molecule has 1 aromatic rings. The highest BCUT2D eigenvalue weighted by atomic mass is 79.9. The normalized spacial score (nSPS) is 12.7. The van der Waals surface area contributed by atoms with Crippen LogP contribution < -0.4 is 0 Å². The number of nitrogens with zero attached hydrogens (tertiary/aromatic N) is 2. The van der Waals surface area contributed by atoms with Gasteiger partial charge in [-0.05, 0) is 41.9 Å². The predicted octanol–water partition coefficient (Wildman–Crippen LogP) is 3.53. The highest BCUT2D eigenvalue weighted by Gasteiger charge is 2.08. The molecule has 88 valence electrons. The number of likely N-dealkylation sites (N-methyl/N-ethyl adjacent to an activating group) is 1. The van der Waals surface area contributed by atoms with Gasteiger partial charge in [0.25, 0.3) is 0 Å². The molecule has 0 aromatic carbocycles. The van der Waals surface area contributed by atoms with Gasteiger partial charge >= 0.3 is 0 Å². The molecular weight excluding hydrogens is 284 g/mol. The zero-order valence-corrected chi connectivity index (χ0v) is 12.1. The maximum absolute atomic E-state index is 8.88. The molecule has 1 heterocycles. The molecule has 4 heteroatoms. The molecule has 1 aromatic heterocycles. The second-order valence-electron chi connectivity index (χ2n) is 3.98. The summed E-state index contributed by atoms with van der Waals surface area (Å²) in [7, 11) is 2.09. The summed E-state index contributed by atoms with van der Waals surface area (Å²) in [5.74, 6) is 0.167. The number of halogens is 1. The van der Waals surface area contributed by atoms with E-state index in [-0.39, 0.29) is 5.92 Å². The van der Waals surface area contributed by atoms with Crippen molar-refractivity contribution >= 4 is 27.3 Å². The maximum atomic E-state index is 8.88. The van der Waals surface area contributed by atoms with Gasteiger partial charge in [-0.15, -0.1) is 11.3 Å². The Balaban J connectivity index is 2.30. The molecule has 0 amide bonds. The Labute approximate surface area is 110 Å². The van der Waals surface area contributed by atoms with Gasteiger partial charge < -0.3 is 4.90 Å². The smallest absolute Gasteiger partial charge is 0.0669 e. The van der Waals surface area contributed by atoms with E-state index in [2.05, 4.69) is 52.3 Å². The molecule has 0 bridgehead atoms. The lowest BCUT2D eigenvalue weighted by Crippen LogP contribution is -2.26. The number of thiophene rings is 1. The van der Waals surface area contributed by atoms with Crippen LogP contribution in [0, 0.1) is 17.2 Å². The van der Waals surface area contributed by atoms with Crippen LogP contribution in [0.5, 0.6) is 0 Å². The summed E-state index contributed by atoms with van der Waals surface area (Å²) in [4.78, 5) is 3.63. The van der Waals surface area contributed by atoms with Crippen molar-refractivity contribution in [1.82, 2.24) is 4.90 Å². The molecule has 16 heavy (non-hydrogen) atoms. The second kappa shape index (κ2) is 7.05. The Kier molecular flexibility index (Phi) is 6.04. The van der Waals surface area contributed by atoms with Gasteiger partial charge in [0.05, 0.1) is 12.0 Å². The van der Waals surface area contributed by atoms with Gasteiger partial charge in [-0.3, -0.25) is 0 Å². The number of hydrogen-bond acceptors (Lipinski definition) is 3. The molecule has 0 aliphatic heterocycles. The van der Waals surface area contributed by atoms with Crippen molar-refractivity contribution in [2.24, 2.45) is 5.92 Å². The highest BCUT2D eigenvalue weighted by molar-refractivity contribution is 9.10. The minimum absolute atomic E-state index is 0.167. The van der Waals surface area contributed by atoms with E-state index in [0.717, 1.165) is 25.9 Å². The zero-order chi connectivity index (χ0) is 12.0. The lowest BCUT2D eigenvalue weighted by atomic mass is 10.1. The molecule has 0 fully saturated rings. The molecule has 0 radical (unpaired) electrons. The maximum Gasteiger partial charge on any atom is 0.0669 e. The fraction of sp³-hybridized carbons (Fsp3) is 0.583. The van der Waals surface area contributed by atoms with Gasteiger partial charge in [-0.1, -0.05) is 6.92 Å². The van der Waals surface area contributed by atoms with Gasteiger partial charge in [-0.2, -0.15) is 5.26 Å². The molecule has 0 saturated heterocycles. The minimum atomic E-state index is 0.167. The van der Waals surface area contributed by atoms with Gasteiger partial charge in [-0.25, -0.2) is 0 Å². The van der Waals surface area contributed by atoms with Gasteiger partial charge in [0.2, 0.25) is 0 Å². The van der Waals surface area contributed by atoms with Crippen LogP contribution in [-0.2, 0) is 6.42 Å². The number of hydrogen-bond donors (Lipinski definition) is 0. The second-order valence-corrected chi connectivity index (χ2v) is 5.89. The van der Waals surface area contributed by atoms with Crippen molar-refractivity contribution in [3.63, 3.8) is 0 Å². The van der Waals surface area contributed by atoms with E-state index >= 15 is 0 Å². The first-order chi connectivity index (χ1) is 7.65. The minimum Gasteiger partial charge on any atom is -0.305 e. The van der Waals surface area contributed by atoms with Crippen molar-refractivity contribution in [2.75, 3.05) is 20.1 Å². The number of nitriles is 1. The summed E-state index contributed by atoms with van der Waals surface area (Å²) in [6.07, 6.45) is 2.00. The van der Waals surface area contributed by atoms with Crippen molar-refractivity contribution in [2.45, 2.75) is 19.8 Å². The average Bonchev–Trinajstić information content (AvgIpc) is 2.69. The van der Waals surface area contributed by atoms with Gasteiger partial charge in [0.15, 0.2) is 0 Å². The average molecular weight is 301 g/mol. The van der Waals surface area contributed by atoms with Crippen molar-refractivity contribution < 1.29 is 0 Å². The summed E-state index contributed by atoms with van der Waals surface area (Å²) in [5, 5.41) is 11.0. The first kappa shape index (κ1) is 13.7. The van der Waals surface area contributed by atoms with Gasteiger partial charge in [0, 0.05) is 27.8 Å². The first-order valence-electron chi connectivity index (χ1n) is 5.46. The Bertz CT molecular complexity index is 356. The van der Waals surface area contributed by atoms with E-state index in [1.165, 1.54) is 9.35 Å². The Morgan fingerprint density at radius 1 is 1.62 bits per heavy atom. The summed E-state index contributed by atoms with van der Waals surface area (Å²) in [6, 6.07) is 4.51. The van der Waals surface area contributed by atoms with Crippen LogP contribution in [0.2, 0.25) is 0 Å². The monoisotopic (exact) mass is 300 g/mol. The van der Waals surface area contributed by atoms with Crippen LogP contribution in [0.3, 0.4) is 0 Å².